The van der Waals surface area contributed by atoms with Crippen LogP contribution in [0.4, 0.5) is 0 Å². The SMILES string of the molecule is NCc1cc2c(cn1)OC1(CCCC1)O2. The lowest BCUT2D eigenvalue weighted by molar-refractivity contribution is -0.0717. The molecule has 0 saturated heterocycles. The number of aromatic nitrogens is 1. The van der Waals surface area contributed by atoms with Crippen LogP contribution in [0.25, 0.3) is 0 Å². The molecule has 0 radical (unpaired) electrons. The van der Waals surface area contributed by atoms with Crippen molar-refractivity contribution in [1.82, 2.24) is 4.98 Å². The lowest BCUT2D eigenvalue weighted by atomic mass is 10.2. The number of nitrogens with zero attached hydrogens (tertiary/aromatic N) is 1. The summed E-state index contributed by atoms with van der Waals surface area (Å²) in [6.45, 7) is 0.434. The fraction of sp³-hybridized carbons (Fsp3) is 0.545. The highest BCUT2D eigenvalue weighted by molar-refractivity contribution is 5.42. The number of hydrogen-bond acceptors (Lipinski definition) is 4. The van der Waals surface area contributed by atoms with Crippen LogP contribution in [0, 0.1) is 0 Å². The highest BCUT2D eigenvalue weighted by Gasteiger charge is 2.44. The van der Waals surface area contributed by atoms with E-state index < -0.39 is 5.79 Å². The van der Waals surface area contributed by atoms with Gasteiger partial charge in [0.25, 0.3) is 5.79 Å². The van der Waals surface area contributed by atoms with Gasteiger partial charge in [0.15, 0.2) is 11.5 Å². The van der Waals surface area contributed by atoms with Gasteiger partial charge < -0.3 is 15.2 Å². The van der Waals surface area contributed by atoms with Gasteiger partial charge in [0.2, 0.25) is 0 Å². The van der Waals surface area contributed by atoms with Gasteiger partial charge in [-0.2, -0.15) is 0 Å². The molecule has 0 unspecified atom stereocenters. The van der Waals surface area contributed by atoms with Crippen molar-refractivity contribution in [3.05, 3.63) is 18.0 Å². The van der Waals surface area contributed by atoms with E-state index in [4.69, 9.17) is 15.2 Å². The van der Waals surface area contributed by atoms with Gasteiger partial charge in [-0.05, 0) is 12.8 Å². The maximum atomic E-state index is 5.88. The molecule has 80 valence electrons. The molecule has 1 aliphatic heterocycles. The third kappa shape index (κ3) is 1.36. The minimum absolute atomic E-state index is 0.392. The number of ether oxygens (including phenoxy) is 2. The number of fused-ring (bicyclic) bond motifs is 1. The Morgan fingerprint density at radius 3 is 2.73 bits per heavy atom. The lowest BCUT2D eigenvalue weighted by Crippen LogP contribution is -2.34. The zero-order valence-electron chi connectivity index (χ0n) is 8.53. The summed E-state index contributed by atoms with van der Waals surface area (Å²) < 4.78 is 11.7. The van der Waals surface area contributed by atoms with Gasteiger partial charge in [-0.25, -0.2) is 0 Å². The van der Waals surface area contributed by atoms with E-state index in [2.05, 4.69) is 4.98 Å². The van der Waals surface area contributed by atoms with Gasteiger partial charge >= 0.3 is 0 Å². The fourth-order valence-corrected chi connectivity index (χ4v) is 2.27. The molecule has 1 spiro atoms. The fourth-order valence-electron chi connectivity index (χ4n) is 2.27. The van der Waals surface area contributed by atoms with E-state index in [1.165, 1.54) is 12.8 Å². The molecule has 4 nitrogen and oxygen atoms in total. The molecular formula is C11H14N2O2. The van der Waals surface area contributed by atoms with Gasteiger partial charge in [-0.3, -0.25) is 4.98 Å². The van der Waals surface area contributed by atoms with E-state index in [1.54, 1.807) is 6.20 Å². The molecule has 0 amide bonds. The summed E-state index contributed by atoms with van der Waals surface area (Å²) in [4.78, 5) is 4.19. The van der Waals surface area contributed by atoms with Crippen molar-refractivity contribution in [2.24, 2.45) is 5.73 Å². The molecule has 2 heterocycles. The zero-order valence-corrected chi connectivity index (χ0v) is 8.53. The molecule has 1 aromatic rings. The van der Waals surface area contributed by atoms with Gasteiger partial charge in [0, 0.05) is 25.5 Å². The predicted octanol–water partition coefficient (Wildman–Crippen LogP) is 1.58. The van der Waals surface area contributed by atoms with Crippen molar-refractivity contribution in [2.45, 2.75) is 38.0 Å². The van der Waals surface area contributed by atoms with Crippen LogP contribution in [0.5, 0.6) is 11.5 Å². The van der Waals surface area contributed by atoms with Gasteiger partial charge in [-0.15, -0.1) is 0 Å². The topological polar surface area (TPSA) is 57.4 Å². The number of rotatable bonds is 1. The molecule has 0 atom stereocenters. The van der Waals surface area contributed by atoms with Crippen molar-refractivity contribution in [1.29, 1.82) is 0 Å². The molecule has 2 N–H and O–H groups in total. The van der Waals surface area contributed by atoms with E-state index in [0.29, 0.717) is 6.54 Å². The molecule has 0 bridgehead atoms. The van der Waals surface area contributed by atoms with Crippen LogP contribution in [0.15, 0.2) is 12.3 Å². The van der Waals surface area contributed by atoms with Crippen LogP contribution in [-0.2, 0) is 6.54 Å². The molecule has 1 saturated carbocycles. The van der Waals surface area contributed by atoms with Gasteiger partial charge in [0.05, 0.1) is 11.9 Å². The molecule has 1 aliphatic carbocycles. The molecule has 4 heteroatoms. The Hall–Kier alpha value is -1.29. The van der Waals surface area contributed by atoms with E-state index >= 15 is 0 Å². The summed E-state index contributed by atoms with van der Waals surface area (Å²) >= 11 is 0. The second-order valence-electron chi connectivity index (χ2n) is 4.15. The van der Waals surface area contributed by atoms with Gasteiger partial charge in [-0.1, -0.05) is 0 Å². The summed E-state index contributed by atoms with van der Waals surface area (Å²) in [5, 5.41) is 0. The van der Waals surface area contributed by atoms with Crippen LogP contribution < -0.4 is 15.2 Å². The summed E-state index contributed by atoms with van der Waals surface area (Å²) in [6, 6.07) is 1.88. The first-order valence-corrected chi connectivity index (χ1v) is 5.38. The monoisotopic (exact) mass is 206 g/mol. The maximum absolute atomic E-state index is 5.88. The Bertz CT molecular complexity index is 386. The summed E-state index contributed by atoms with van der Waals surface area (Å²) in [6.07, 6.45) is 6.00. The van der Waals surface area contributed by atoms with Crippen LogP contribution >= 0.6 is 0 Å². The van der Waals surface area contributed by atoms with Crippen LogP contribution in [-0.4, -0.2) is 10.8 Å². The molecule has 15 heavy (non-hydrogen) atoms. The Morgan fingerprint density at radius 2 is 2.00 bits per heavy atom. The van der Waals surface area contributed by atoms with E-state index in [1.807, 2.05) is 6.07 Å². The van der Waals surface area contributed by atoms with Crippen molar-refractivity contribution in [2.75, 3.05) is 0 Å². The van der Waals surface area contributed by atoms with Gasteiger partial charge in [0.1, 0.15) is 0 Å². The summed E-state index contributed by atoms with van der Waals surface area (Å²) in [5.74, 6) is 1.17. The van der Waals surface area contributed by atoms with E-state index in [-0.39, 0.29) is 0 Å². The van der Waals surface area contributed by atoms with Crippen molar-refractivity contribution >= 4 is 0 Å². The number of nitrogens with two attached hydrogens (primary N) is 1. The minimum Gasteiger partial charge on any atom is -0.448 e. The number of pyridine rings is 1. The molecule has 0 aromatic carbocycles. The van der Waals surface area contributed by atoms with Crippen molar-refractivity contribution < 1.29 is 9.47 Å². The minimum atomic E-state index is -0.392. The Labute approximate surface area is 88.4 Å². The van der Waals surface area contributed by atoms with Crippen molar-refractivity contribution in [3.8, 4) is 11.5 Å². The highest BCUT2D eigenvalue weighted by Crippen LogP contribution is 2.46. The first-order valence-electron chi connectivity index (χ1n) is 5.38. The van der Waals surface area contributed by atoms with Crippen LogP contribution in [0.2, 0.25) is 0 Å². The normalized spacial score (nSPS) is 21.1. The largest absolute Gasteiger partial charge is 0.448 e. The molecule has 1 fully saturated rings. The van der Waals surface area contributed by atoms with E-state index in [0.717, 1.165) is 30.0 Å². The molecule has 3 rings (SSSR count). The first kappa shape index (κ1) is 8.97. The molecule has 1 aromatic heterocycles. The third-order valence-electron chi connectivity index (χ3n) is 3.05. The van der Waals surface area contributed by atoms with Crippen LogP contribution in [0.1, 0.15) is 31.4 Å². The van der Waals surface area contributed by atoms with E-state index in [9.17, 15) is 0 Å². The van der Waals surface area contributed by atoms with Crippen molar-refractivity contribution in [3.63, 3.8) is 0 Å². The lowest BCUT2D eigenvalue weighted by Gasteiger charge is -2.21. The second-order valence-corrected chi connectivity index (χ2v) is 4.15. The zero-order chi connectivity index (χ0) is 10.3. The van der Waals surface area contributed by atoms with Crippen LogP contribution in [0.3, 0.4) is 0 Å². The smallest absolute Gasteiger partial charge is 0.251 e. The first-order chi connectivity index (χ1) is 7.31. The maximum Gasteiger partial charge on any atom is 0.251 e. The third-order valence-corrected chi connectivity index (χ3v) is 3.05. The highest BCUT2D eigenvalue weighted by atomic mass is 16.7. The molecular weight excluding hydrogens is 192 g/mol. The number of hydrogen-bond donors (Lipinski definition) is 1. The quantitative estimate of drug-likeness (QED) is 0.758. The predicted molar refractivity (Wildman–Crippen MR) is 54.6 cm³/mol. The Morgan fingerprint density at radius 1 is 1.27 bits per heavy atom. The summed E-state index contributed by atoms with van der Waals surface area (Å²) in [7, 11) is 0. The average molecular weight is 206 g/mol. The second kappa shape index (κ2) is 3.10. The Kier molecular flexibility index (Phi) is 1.85. The average Bonchev–Trinajstić information content (AvgIpc) is 2.84. The molecule has 2 aliphatic rings. The summed E-state index contributed by atoms with van der Waals surface area (Å²) in [5.41, 5.74) is 6.37. The Balaban J connectivity index is 1.92. The standard InChI is InChI=1S/C11H14N2O2/c12-6-8-5-9-10(7-13-8)15-11(14-9)3-1-2-4-11/h5,7H,1-4,6,12H2.